The number of anilines is 1. The van der Waals surface area contributed by atoms with Gasteiger partial charge >= 0.3 is 17.2 Å². The highest BCUT2D eigenvalue weighted by molar-refractivity contribution is 7.98. The Hall–Kier alpha value is -4.38. The Kier molecular flexibility index (Phi) is 7.27. The smallest absolute Gasteiger partial charge is 0.341 e. The highest BCUT2D eigenvalue weighted by Gasteiger charge is 2.38. The summed E-state index contributed by atoms with van der Waals surface area (Å²) >= 11 is 1.22. The molecule has 0 saturated heterocycles. The number of carboxylic acids is 1. The predicted octanol–water partition coefficient (Wildman–Crippen LogP) is 3.99. The lowest BCUT2D eigenvalue weighted by atomic mass is 10.0. The summed E-state index contributed by atoms with van der Waals surface area (Å²) in [6, 6.07) is 19.0. The number of aromatic amines is 1. The van der Waals surface area contributed by atoms with Crippen molar-refractivity contribution in [2.45, 2.75) is 24.0 Å². The number of carbonyl (C=O) groups is 1. The number of ether oxygens (including phenoxy) is 2. The quantitative estimate of drug-likeness (QED) is 0.218. The maximum Gasteiger partial charge on any atom is 0.341 e. The Bertz CT molecular complexity index is 1560. The first-order valence-corrected chi connectivity index (χ1v) is 12.8. The fourth-order valence-corrected chi connectivity index (χ4v) is 5.00. The van der Waals surface area contributed by atoms with Gasteiger partial charge in [-0.3, -0.25) is 9.78 Å². The number of nitrogens with zero attached hydrogens (tertiary/aromatic N) is 2. The Labute approximate surface area is 221 Å². The number of benzene rings is 3. The standard InChI is InChI=1S/C27H23FN4O5S/c1-2-36-22-13-16(11-12-21(22)37-14-23(33)34)25-29-20-10-6-4-8-18(20)24-26(35)30-27(31-32(24)25)38-15-17-7-3-5-9-19(17)28/h3-13,25H,2,14-15H2,1H3,(H2,30,31,33,34,35)/p+1/t25-/m0/s1. The summed E-state index contributed by atoms with van der Waals surface area (Å²) in [7, 11) is 0. The molecule has 0 aliphatic carbocycles. The molecule has 0 saturated carbocycles. The first kappa shape index (κ1) is 25.3. The van der Waals surface area contributed by atoms with Crippen molar-refractivity contribution in [3.63, 3.8) is 0 Å². The minimum Gasteiger partial charge on any atom is -0.490 e. The van der Waals surface area contributed by atoms with Crippen molar-refractivity contribution < 1.29 is 28.4 Å². The fraction of sp³-hybridized carbons (Fsp3) is 0.185. The molecular weight excluding hydrogens is 511 g/mol. The number of fused-ring (bicyclic) bond motifs is 3. The summed E-state index contributed by atoms with van der Waals surface area (Å²) in [5, 5.41) is 17.5. The minimum atomic E-state index is -1.10. The Balaban J connectivity index is 1.56. The number of para-hydroxylation sites is 1. The number of thioether (sulfide) groups is 1. The van der Waals surface area contributed by atoms with E-state index in [1.807, 2.05) is 31.2 Å². The lowest BCUT2D eigenvalue weighted by Crippen LogP contribution is -2.55. The molecule has 3 aromatic carbocycles. The van der Waals surface area contributed by atoms with Crippen molar-refractivity contribution in [3.8, 4) is 22.8 Å². The molecule has 194 valence electrons. The zero-order chi connectivity index (χ0) is 26.6. The van der Waals surface area contributed by atoms with Crippen molar-refractivity contribution in [3.05, 3.63) is 94.0 Å². The zero-order valence-electron chi connectivity index (χ0n) is 20.3. The van der Waals surface area contributed by atoms with Crippen molar-refractivity contribution >= 4 is 23.4 Å². The van der Waals surface area contributed by atoms with Gasteiger partial charge in [0.2, 0.25) is 5.16 Å². The molecular formula is C27H24FN4O5S+. The predicted molar refractivity (Wildman–Crippen MR) is 139 cm³/mol. The van der Waals surface area contributed by atoms with Crippen molar-refractivity contribution in [1.82, 2.24) is 10.1 Å². The summed E-state index contributed by atoms with van der Waals surface area (Å²) in [4.78, 5) is 27.2. The highest BCUT2D eigenvalue weighted by Crippen LogP contribution is 2.35. The molecule has 1 aliphatic rings. The Morgan fingerprint density at radius 1 is 1.11 bits per heavy atom. The topological polar surface area (TPSA) is 117 Å². The molecule has 0 radical (unpaired) electrons. The number of nitrogens with one attached hydrogen (secondary N) is 2. The number of aliphatic carboxylic acids is 1. The van der Waals surface area contributed by atoms with Crippen LogP contribution in [0.25, 0.3) is 11.3 Å². The van der Waals surface area contributed by atoms with E-state index in [1.54, 1.807) is 41.1 Å². The summed E-state index contributed by atoms with van der Waals surface area (Å²) < 4.78 is 26.9. The number of carboxylic acid groups (broad SMARTS) is 1. The number of hydrogen-bond acceptors (Lipinski definition) is 7. The van der Waals surface area contributed by atoms with Crippen LogP contribution >= 0.6 is 11.8 Å². The highest BCUT2D eigenvalue weighted by atomic mass is 32.2. The SMILES string of the molecule is CCOc1cc([C@H]2Nc3ccccc3-c3c(=O)[nH]c(SCc4ccccc4F)n[n+]32)ccc1OCC(=O)O. The average molecular weight is 536 g/mol. The van der Waals surface area contributed by atoms with Crippen LogP contribution in [0.2, 0.25) is 0 Å². The monoisotopic (exact) mass is 535 g/mol. The van der Waals surface area contributed by atoms with Gasteiger partial charge in [0.25, 0.3) is 6.17 Å². The van der Waals surface area contributed by atoms with Crippen LogP contribution in [-0.2, 0) is 10.5 Å². The van der Waals surface area contributed by atoms with Crippen LogP contribution in [-0.4, -0.2) is 34.4 Å². The van der Waals surface area contributed by atoms with E-state index in [0.29, 0.717) is 45.6 Å². The molecule has 0 bridgehead atoms. The largest absolute Gasteiger partial charge is 0.490 e. The lowest BCUT2D eigenvalue weighted by molar-refractivity contribution is -0.759. The van der Waals surface area contributed by atoms with E-state index in [9.17, 15) is 14.0 Å². The minimum absolute atomic E-state index is 0.285. The molecule has 4 aromatic rings. The average Bonchev–Trinajstić information content (AvgIpc) is 2.91. The van der Waals surface area contributed by atoms with Gasteiger partial charge in [0.05, 0.1) is 17.9 Å². The molecule has 1 atom stereocenters. The van der Waals surface area contributed by atoms with Gasteiger partial charge in [-0.2, -0.15) is 0 Å². The van der Waals surface area contributed by atoms with E-state index in [-0.39, 0.29) is 17.1 Å². The van der Waals surface area contributed by atoms with Gasteiger partial charge < -0.3 is 19.9 Å². The third-order valence-electron chi connectivity index (χ3n) is 5.84. The van der Waals surface area contributed by atoms with Crippen molar-refractivity contribution in [1.29, 1.82) is 0 Å². The maximum atomic E-state index is 14.2. The van der Waals surface area contributed by atoms with Crippen LogP contribution in [0.15, 0.2) is 76.7 Å². The Morgan fingerprint density at radius 2 is 1.89 bits per heavy atom. The number of rotatable bonds is 9. The second kappa shape index (κ2) is 10.9. The second-order valence-corrected chi connectivity index (χ2v) is 9.31. The van der Waals surface area contributed by atoms with E-state index < -0.39 is 18.7 Å². The van der Waals surface area contributed by atoms with Gasteiger partial charge in [0, 0.05) is 16.4 Å². The first-order chi connectivity index (χ1) is 18.4. The van der Waals surface area contributed by atoms with Gasteiger partial charge in [0.15, 0.2) is 18.1 Å². The van der Waals surface area contributed by atoms with E-state index in [1.165, 1.54) is 17.8 Å². The number of hydrogen-bond donors (Lipinski definition) is 3. The molecule has 1 aromatic heterocycles. The second-order valence-electron chi connectivity index (χ2n) is 8.35. The van der Waals surface area contributed by atoms with Crippen molar-refractivity contribution in [2.75, 3.05) is 18.5 Å². The van der Waals surface area contributed by atoms with Gasteiger partial charge in [-0.25, -0.2) is 9.18 Å². The summed E-state index contributed by atoms with van der Waals surface area (Å²) in [5.41, 5.74) is 2.68. The molecule has 1 aliphatic heterocycles. The van der Waals surface area contributed by atoms with Crippen LogP contribution in [0, 0.1) is 5.82 Å². The van der Waals surface area contributed by atoms with E-state index in [2.05, 4.69) is 10.3 Å². The molecule has 3 N–H and O–H groups in total. The molecule has 0 fully saturated rings. The third-order valence-corrected chi connectivity index (χ3v) is 6.75. The van der Waals surface area contributed by atoms with Crippen LogP contribution < -0.4 is 25.0 Å². The molecule has 0 unspecified atom stereocenters. The van der Waals surface area contributed by atoms with E-state index >= 15 is 0 Å². The normalized spacial score (nSPS) is 13.7. The van der Waals surface area contributed by atoms with Crippen molar-refractivity contribution in [2.24, 2.45) is 0 Å². The van der Waals surface area contributed by atoms with E-state index in [4.69, 9.17) is 19.7 Å². The summed E-state index contributed by atoms with van der Waals surface area (Å²) in [5.74, 6) is -0.480. The van der Waals surface area contributed by atoms with Crippen LogP contribution in [0.1, 0.15) is 24.2 Å². The molecule has 2 heterocycles. The molecule has 0 amide bonds. The van der Waals surface area contributed by atoms with Gasteiger partial charge in [-0.15, -0.1) is 0 Å². The molecule has 0 spiro atoms. The third kappa shape index (κ3) is 5.18. The van der Waals surface area contributed by atoms with Crippen LogP contribution in [0.5, 0.6) is 11.5 Å². The molecule has 38 heavy (non-hydrogen) atoms. The Morgan fingerprint density at radius 3 is 2.68 bits per heavy atom. The maximum absolute atomic E-state index is 14.2. The van der Waals surface area contributed by atoms with Gasteiger partial charge in [0.1, 0.15) is 5.82 Å². The fourth-order valence-electron chi connectivity index (χ4n) is 4.16. The van der Waals surface area contributed by atoms with E-state index in [0.717, 1.165) is 5.69 Å². The number of aromatic nitrogens is 3. The summed E-state index contributed by atoms with van der Waals surface area (Å²) in [6.45, 7) is 1.64. The molecule has 9 nitrogen and oxygen atoms in total. The molecule has 5 rings (SSSR count). The lowest BCUT2D eigenvalue weighted by Gasteiger charge is -2.23. The number of H-pyrrole nitrogens is 1. The van der Waals surface area contributed by atoms with Gasteiger partial charge in [-0.1, -0.05) is 42.1 Å². The summed E-state index contributed by atoms with van der Waals surface area (Å²) in [6.07, 6.45) is -0.595. The number of halogens is 1. The van der Waals surface area contributed by atoms with Gasteiger partial charge in [-0.05, 0) is 53.6 Å². The zero-order valence-corrected chi connectivity index (χ0v) is 21.1. The molecule has 11 heteroatoms. The first-order valence-electron chi connectivity index (χ1n) is 11.8. The van der Waals surface area contributed by atoms with Crippen LogP contribution in [0.4, 0.5) is 10.1 Å². The van der Waals surface area contributed by atoms with Crippen LogP contribution in [0.3, 0.4) is 0 Å².